The highest BCUT2D eigenvalue weighted by Crippen LogP contribution is 2.30. The summed E-state index contributed by atoms with van der Waals surface area (Å²) in [6.07, 6.45) is -2.86. The quantitative estimate of drug-likeness (QED) is 0.242. The zero-order valence-electron chi connectivity index (χ0n) is 23.4. The molecule has 1 aromatic heterocycles. The van der Waals surface area contributed by atoms with Gasteiger partial charge in [-0.05, 0) is 73.9 Å². The zero-order valence-corrected chi connectivity index (χ0v) is 23.4. The van der Waals surface area contributed by atoms with Gasteiger partial charge in [-0.2, -0.15) is 13.2 Å². The predicted octanol–water partition coefficient (Wildman–Crippen LogP) is 7.31. The molecule has 222 valence electrons. The lowest BCUT2D eigenvalue weighted by Crippen LogP contribution is -2.34. The Kier molecular flexibility index (Phi) is 10.2. The molecule has 0 radical (unpaired) electrons. The number of benzene rings is 2. The molecular weight excluding hydrogens is 539 g/mol. The van der Waals surface area contributed by atoms with Crippen molar-refractivity contribution in [2.24, 2.45) is 0 Å². The summed E-state index contributed by atoms with van der Waals surface area (Å²) in [6.45, 7) is 6.13. The fraction of sp³-hybridized carbons (Fsp3) is 0.484. The van der Waals surface area contributed by atoms with Gasteiger partial charge in [-0.3, -0.25) is 0 Å². The van der Waals surface area contributed by atoms with E-state index in [2.05, 4.69) is 31.0 Å². The van der Waals surface area contributed by atoms with Gasteiger partial charge in [-0.15, -0.1) is 0 Å². The van der Waals surface area contributed by atoms with Crippen LogP contribution in [0.4, 0.5) is 13.2 Å². The summed E-state index contributed by atoms with van der Waals surface area (Å²) in [6, 6.07) is 12.6. The maximum absolute atomic E-state index is 12.8. The van der Waals surface area contributed by atoms with Gasteiger partial charge in [0.25, 0.3) is 0 Å². The number of carboxylic acid groups (broad SMARTS) is 1. The Balaban J connectivity index is 1.25. The molecule has 2 aromatic carbocycles. The minimum Gasteiger partial charge on any atom is -0.479 e. The zero-order chi connectivity index (χ0) is 29.6. The molecule has 1 fully saturated rings. The standard InChI is InChI=1S/C31H36F3NO6/c1-19(2)22-9-11-23(12-10-22)29-35-27(20(3)41-29)17-38-25-5-4-6-26(15-25)39-18-28(30(36)37)40-16-21-7-13-24(14-8-21)31(32,33)34/h7-14,19,25-26,28H,4-6,15-18H2,1-3H3,(H,36,37)/t25-,26+,28+/m0/s1. The largest absolute Gasteiger partial charge is 0.479 e. The second kappa shape index (κ2) is 13.6. The summed E-state index contributed by atoms with van der Waals surface area (Å²) in [5.74, 6) is 0.498. The fourth-order valence-corrected chi connectivity index (χ4v) is 4.70. The second-order valence-corrected chi connectivity index (χ2v) is 10.7. The lowest BCUT2D eigenvalue weighted by atomic mass is 9.95. The second-order valence-electron chi connectivity index (χ2n) is 10.7. The van der Waals surface area contributed by atoms with Gasteiger partial charge >= 0.3 is 12.1 Å². The molecule has 0 bridgehead atoms. The van der Waals surface area contributed by atoms with Gasteiger partial charge in [-0.25, -0.2) is 9.78 Å². The minimum absolute atomic E-state index is 0.0741. The predicted molar refractivity (Wildman–Crippen MR) is 145 cm³/mol. The molecule has 41 heavy (non-hydrogen) atoms. The Labute approximate surface area is 237 Å². The number of hydrogen-bond donors (Lipinski definition) is 1. The number of ether oxygens (including phenoxy) is 3. The first kappa shape index (κ1) is 30.7. The molecule has 1 saturated carbocycles. The maximum atomic E-state index is 12.8. The van der Waals surface area contributed by atoms with Crippen LogP contribution >= 0.6 is 0 Å². The topological polar surface area (TPSA) is 91.0 Å². The number of aliphatic carboxylic acids is 1. The van der Waals surface area contributed by atoms with Crippen molar-refractivity contribution in [1.29, 1.82) is 0 Å². The third kappa shape index (κ3) is 8.64. The Bertz CT molecular complexity index is 1270. The highest BCUT2D eigenvalue weighted by Gasteiger charge is 2.30. The van der Waals surface area contributed by atoms with E-state index in [0.29, 0.717) is 36.2 Å². The highest BCUT2D eigenvalue weighted by molar-refractivity contribution is 5.72. The van der Waals surface area contributed by atoms with Crippen LogP contribution in [0.3, 0.4) is 0 Å². The fourth-order valence-electron chi connectivity index (χ4n) is 4.70. The van der Waals surface area contributed by atoms with Crippen LogP contribution in [-0.2, 0) is 38.4 Å². The molecule has 10 heteroatoms. The summed E-state index contributed by atoms with van der Waals surface area (Å²) in [7, 11) is 0. The van der Waals surface area contributed by atoms with Crippen LogP contribution in [0, 0.1) is 6.92 Å². The van der Waals surface area contributed by atoms with Crippen molar-refractivity contribution in [3.05, 3.63) is 76.7 Å². The molecule has 1 aliphatic rings. The molecule has 3 atom stereocenters. The molecule has 4 rings (SSSR count). The molecule has 0 aliphatic heterocycles. The van der Waals surface area contributed by atoms with E-state index in [1.165, 1.54) is 17.7 Å². The number of carboxylic acids is 1. The number of nitrogens with zero attached hydrogens (tertiary/aromatic N) is 1. The van der Waals surface area contributed by atoms with Crippen molar-refractivity contribution < 1.29 is 41.7 Å². The van der Waals surface area contributed by atoms with Gasteiger partial charge < -0.3 is 23.7 Å². The Morgan fingerprint density at radius 2 is 1.68 bits per heavy atom. The number of hydrogen-bond acceptors (Lipinski definition) is 6. The first-order valence-electron chi connectivity index (χ1n) is 13.8. The van der Waals surface area contributed by atoms with Crippen LogP contribution in [0.1, 0.15) is 73.6 Å². The van der Waals surface area contributed by atoms with Gasteiger partial charge in [0.2, 0.25) is 5.89 Å². The lowest BCUT2D eigenvalue weighted by Gasteiger charge is -2.29. The molecule has 1 aliphatic carbocycles. The van der Waals surface area contributed by atoms with Crippen LogP contribution in [0.15, 0.2) is 52.9 Å². The van der Waals surface area contributed by atoms with E-state index in [-0.39, 0.29) is 25.4 Å². The first-order valence-corrected chi connectivity index (χ1v) is 13.8. The molecule has 0 spiro atoms. The van der Waals surface area contributed by atoms with Gasteiger partial charge in [0.05, 0.1) is 37.6 Å². The summed E-state index contributed by atoms with van der Waals surface area (Å²) >= 11 is 0. The molecule has 7 nitrogen and oxygen atoms in total. The van der Waals surface area contributed by atoms with Crippen molar-refractivity contribution in [2.75, 3.05) is 6.61 Å². The Morgan fingerprint density at radius 3 is 2.29 bits per heavy atom. The van der Waals surface area contributed by atoms with E-state index in [1.54, 1.807) is 0 Å². The molecule has 1 N–H and O–H groups in total. The summed E-state index contributed by atoms with van der Waals surface area (Å²) in [5.41, 5.74) is 2.55. The number of rotatable bonds is 12. The number of halogens is 3. The highest BCUT2D eigenvalue weighted by atomic mass is 19.4. The maximum Gasteiger partial charge on any atom is 0.416 e. The first-order chi connectivity index (χ1) is 19.5. The van der Waals surface area contributed by atoms with E-state index in [9.17, 15) is 23.1 Å². The van der Waals surface area contributed by atoms with Crippen LogP contribution in [0.2, 0.25) is 0 Å². The van der Waals surface area contributed by atoms with Gasteiger partial charge in [0, 0.05) is 5.56 Å². The van der Waals surface area contributed by atoms with E-state index < -0.39 is 23.8 Å². The van der Waals surface area contributed by atoms with Crippen LogP contribution in [0.5, 0.6) is 0 Å². The monoisotopic (exact) mass is 575 g/mol. The molecule has 0 amide bonds. The van der Waals surface area contributed by atoms with Gasteiger partial charge in [0.15, 0.2) is 6.10 Å². The van der Waals surface area contributed by atoms with E-state index >= 15 is 0 Å². The third-order valence-electron chi connectivity index (χ3n) is 7.24. The summed E-state index contributed by atoms with van der Waals surface area (Å²) in [4.78, 5) is 16.3. The van der Waals surface area contributed by atoms with E-state index in [4.69, 9.17) is 18.6 Å². The van der Waals surface area contributed by atoms with Crippen LogP contribution in [-0.4, -0.2) is 41.0 Å². The van der Waals surface area contributed by atoms with Crippen LogP contribution < -0.4 is 0 Å². The van der Waals surface area contributed by atoms with Gasteiger partial charge in [0.1, 0.15) is 11.5 Å². The third-order valence-corrected chi connectivity index (χ3v) is 7.24. The van der Waals surface area contributed by atoms with Crippen molar-refractivity contribution in [3.63, 3.8) is 0 Å². The Morgan fingerprint density at radius 1 is 1.02 bits per heavy atom. The van der Waals surface area contributed by atoms with E-state index in [1.807, 2.05) is 19.1 Å². The Hall–Kier alpha value is -3.21. The van der Waals surface area contributed by atoms with Crippen molar-refractivity contribution in [1.82, 2.24) is 4.98 Å². The molecular formula is C31H36F3NO6. The van der Waals surface area contributed by atoms with Crippen molar-refractivity contribution in [3.8, 4) is 11.5 Å². The molecule has 1 heterocycles. The van der Waals surface area contributed by atoms with Crippen molar-refractivity contribution >= 4 is 5.97 Å². The van der Waals surface area contributed by atoms with Gasteiger partial charge in [-0.1, -0.05) is 38.1 Å². The van der Waals surface area contributed by atoms with E-state index in [0.717, 1.165) is 42.7 Å². The molecule has 0 unspecified atom stereocenters. The van der Waals surface area contributed by atoms with Crippen LogP contribution in [0.25, 0.3) is 11.5 Å². The number of oxazole rings is 1. The number of aromatic nitrogens is 1. The molecule has 0 saturated heterocycles. The summed E-state index contributed by atoms with van der Waals surface area (Å²) < 4.78 is 61.6. The normalized spacial score (nSPS) is 18.5. The number of alkyl halides is 3. The number of aryl methyl sites for hydroxylation is 1. The lowest BCUT2D eigenvalue weighted by molar-refractivity contribution is -0.159. The summed E-state index contributed by atoms with van der Waals surface area (Å²) in [5, 5.41) is 9.55. The average Bonchev–Trinajstić information content (AvgIpc) is 3.32. The van der Waals surface area contributed by atoms with Crippen molar-refractivity contribution in [2.45, 2.75) is 90.1 Å². The average molecular weight is 576 g/mol. The SMILES string of the molecule is Cc1oc(-c2ccc(C(C)C)cc2)nc1CO[C@H]1CCC[C@@H](OC[C@@H](OCc2ccc(C(F)(F)F)cc2)C(=O)O)C1. The minimum atomic E-state index is -4.44. The smallest absolute Gasteiger partial charge is 0.416 e. The number of carbonyl (C=O) groups is 1. The molecule has 3 aromatic rings.